The molecule has 0 amide bonds. The average molecular weight is 291 g/mol. The van der Waals surface area contributed by atoms with Crippen LogP contribution in [0.15, 0.2) is 18.3 Å². The lowest BCUT2D eigenvalue weighted by atomic mass is 9.91. The molecule has 3 atom stereocenters. The lowest BCUT2D eigenvalue weighted by Crippen LogP contribution is -2.44. The monoisotopic (exact) mass is 291 g/mol. The van der Waals surface area contributed by atoms with Gasteiger partial charge in [0.15, 0.2) is 0 Å². The third-order valence-corrected chi connectivity index (χ3v) is 4.51. The van der Waals surface area contributed by atoms with E-state index in [1.807, 2.05) is 12.3 Å². The predicted octanol–water partition coefficient (Wildman–Crippen LogP) is 2.88. The van der Waals surface area contributed by atoms with E-state index in [9.17, 15) is 5.11 Å². The van der Waals surface area contributed by atoms with Crippen molar-refractivity contribution in [3.05, 3.63) is 23.9 Å². The summed E-state index contributed by atoms with van der Waals surface area (Å²) in [6.45, 7) is 5.36. The highest BCUT2D eigenvalue weighted by Crippen LogP contribution is 2.29. The molecular formula is C17H29N3O. The third kappa shape index (κ3) is 3.95. The van der Waals surface area contributed by atoms with Crippen molar-refractivity contribution in [1.29, 1.82) is 0 Å². The third-order valence-electron chi connectivity index (χ3n) is 4.51. The first-order valence-electron chi connectivity index (χ1n) is 8.24. The quantitative estimate of drug-likeness (QED) is 0.846. The zero-order chi connectivity index (χ0) is 15.2. The number of hydrogen-bond acceptors (Lipinski definition) is 4. The zero-order valence-corrected chi connectivity index (χ0v) is 13.5. The topological polar surface area (TPSA) is 48.4 Å². The Balaban J connectivity index is 2.18. The maximum Gasteiger partial charge on any atom is 0.133 e. The van der Waals surface area contributed by atoms with Crippen molar-refractivity contribution in [3.63, 3.8) is 0 Å². The van der Waals surface area contributed by atoms with Gasteiger partial charge in [-0.1, -0.05) is 25.8 Å². The standard InChI is InChI=1S/C17H29N3O/c1-4-11-18-13(2)14-8-7-12-19-17(14)20(3)15-9-5-6-10-16(15)21/h7-8,12-13,15-16,18,21H,4-6,9-11H2,1-3H3. The normalized spacial score (nSPS) is 23.8. The Morgan fingerprint density at radius 3 is 2.90 bits per heavy atom. The summed E-state index contributed by atoms with van der Waals surface area (Å²) >= 11 is 0. The van der Waals surface area contributed by atoms with E-state index < -0.39 is 0 Å². The van der Waals surface area contributed by atoms with Crippen LogP contribution >= 0.6 is 0 Å². The minimum absolute atomic E-state index is 0.186. The number of nitrogens with zero attached hydrogens (tertiary/aromatic N) is 2. The Morgan fingerprint density at radius 2 is 2.19 bits per heavy atom. The number of aromatic nitrogens is 1. The van der Waals surface area contributed by atoms with Crippen molar-refractivity contribution >= 4 is 5.82 Å². The SMILES string of the molecule is CCCNC(C)c1cccnc1N(C)C1CCCCC1O. The van der Waals surface area contributed by atoms with Crippen LogP contribution in [0.1, 0.15) is 57.6 Å². The van der Waals surface area contributed by atoms with Crippen LogP contribution in [-0.4, -0.2) is 35.8 Å². The maximum absolute atomic E-state index is 10.3. The highest BCUT2D eigenvalue weighted by Gasteiger charge is 2.29. The molecule has 0 aromatic carbocycles. The number of aliphatic hydroxyl groups is 1. The van der Waals surface area contributed by atoms with Gasteiger partial charge in [0, 0.05) is 24.8 Å². The summed E-state index contributed by atoms with van der Waals surface area (Å²) in [6.07, 6.45) is 7.00. The smallest absolute Gasteiger partial charge is 0.133 e. The number of hydrogen-bond donors (Lipinski definition) is 2. The van der Waals surface area contributed by atoms with Crippen LogP contribution in [-0.2, 0) is 0 Å². The van der Waals surface area contributed by atoms with E-state index in [1.54, 1.807) is 0 Å². The second-order valence-corrected chi connectivity index (χ2v) is 6.12. The summed E-state index contributed by atoms with van der Waals surface area (Å²) < 4.78 is 0. The molecule has 4 nitrogen and oxygen atoms in total. The first kappa shape index (κ1) is 16.2. The van der Waals surface area contributed by atoms with Crippen LogP contribution in [0.4, 0.5) is 5.82 Å². The molecule has 0 bridgehead atoms. The minimum atomic E-state index is -0.238. The van der Waals surface area contributed by atoms with Gasteiger partial charge in [0.2, 0.25) is 0 Å². The molecule has 2 N–H and O–H groups in total. The molecule has 1 aromatic heterocycles. The molecule has 118 valence electrons. The van der Waals surface area contributed by atoms with Gasteiger partial charge in [0.05, 0.1) is 12.1 Å². The van der Waals surface area contributed by atoms with Gasteiger partial charge < -0.3 is 15.3 Å². The van der Waals surface area contributed by atoms with E-state index in [-0.39, 0.29) is 18.2 Å². The van der Waals surface area contributed by atoms with E-state index in [0.29, 0.717) is 0 Å². The van der Waals surface area contributed by atoms with E-state index >= 15 is 0 Å². The van der Waals surface area contributed by atoms with E-state index in [2.05, 4.69) is 42.2 Å². The van der Waals surface area contributed by atoms with Crippen molar-refractivity contribution in [1.82, 2.24) is 10.3 Å². The molecule has 1 aliphatic carbocycles. The highest BCUT2D eigenvalue weighted by atomic mass is 16.3. The summed E-state index contributed by atoms with van der Waals surface area (Å²) in [6, 6.07) is 4.60. The van der Waals surface area contributed by atoms with Crippen molar-refractivity contribution in [2.75, 3.05) is 18.5 Å². The summed E-state index contributed by atoms with van der Waals surface area (Å²) in [5.41, 5.74) is 1.21. The number of nitrogens with one attached hydrogen (secondary N) is 1. The van der Waals surface area contributed by atoms with Crippen LogP contribution in [0.3, 0.4) is 0 Å². The van der Waals surface area contributed by atoms with Crippen LogP contribution < -0.4 is 10.2 Å². The van der Waals surface area contributed by atoms with Crippen LogP contribution in [0, 0.1) is 0 Å². The van der Waals surface area contributed by atoms with Crippen LogP contribution in [0.25, 0.3) is 0 Å². The molecule has 21 heavy (non-hydrogen) atoms. The fourth-order valence-electron chi connectivity index (χ4n) is 3.21. The molecular weight excluding hydrogens is 262 g/mol. The van der Waals surface area contributed by atoms with Gasteiger partial charge in [0.25, 0.3) is 0 Å². The molecule has 1 heterocycles. The largest absolute Gasteiger partial charge is 0.391 e. The Bertz CT molecular complexity index is 438. The van der Waals surface area contributed by atoms with Gasteiger partial charge in [0.1, 0.15) is 5.82 Å². The summed E-state index contributed by atoms with van der Waals surface area (Å²) in [5.74, 6) is 1.000. The van der Waals surface area contributed by atoms with Gasteiger partial charge in [-0.15, -0.1) is 0 Å². The van der Waals surface area contributed by atoms with Crippen LogP contribution in [0.2, 0.25) is 0 Å². The second kappa shape index (κ2) is 7.76. The fraction of sp³-hybridized carbons (Fsp3) is 0.706. The summed E-state index contributed by atoms with van der Waals surface area (Å²) in [7, 11) is 2.07. The minimum Gasteiger partial charge on any atom is -0.391 e. The van der Waals surface area contributed by atoms with Gasteiger partial charge in [-0.05, 0) is 38.8 Å². The molecule has 0 aliphatic heterocycles. The molecule has 1 aliphatic rings. The van der Waals surface area contributed by atoms with Gasteiger partial charge in [-0.2, -0.15) is 0 Å². The Labute approximate surface area is 128 Å². The highest BCUT2D eigenvalue weighted by molar-refractivity contribution is 5.49. The van der Waals surface area contributed by atoms with E-state index in [1.165, 1.54) is 12.0 Å². The first-order valence-corrected chi connectivity index (χ1v) is 8.24. The molecule has 0 radical (unpaired) electrons. The molecule has 0 spiro atoms. The predicted molar refractivity (Wildman–Crippen MR) is 87.6 cm³/mol. The first-order chi connectivity index (χ1) is 10.1. The summed E-state index contributed by atoms with van der Waals surface area (Å²) in [5, 5.41) is 13.8. The Kier molecular flexibility index (Phi) is 6.00. The zero-order valence-electron chi connectivity index (χ0n) is 13.5. The number of rotatable bonds is 6. The Morgan fingerprint density at radius 1 is 1.43 bits per heavy atom. The van der Waals surface area contributed by atoms with Gasteiger partial charge >= 0.3 is 0 Å². The molecule has 1 fully saturated rings. The average Bonchev–Trinajstić information content (AvgIpc) is 2.52. The molecule has 2 rings (SSSR count). The van der Waals surface area contributed by atoms with E-state index in [0.717, 1.165) is 38.0 Å². The number of anilines is 1. The lowest BCUT2D eigenvalue weighted by Gasteiger charge is -2.37. The fourth-order valence-corrected chi connectivity index (χ4v) is 3.21. The molecule has 3 unspecified atom stereocenters. The lowest BCUT2D eigenvalue weighted by molar-refractivity contribution is 0.106. The van der Waals surface area contributed by atoms with Crippen molar-refractivity contribution in [2.24, 2.45) is 0 Å². The molecule has 1 aromatic rings. The number of likely N-dealkylation sites (N-methyl/N-ethyl adjacent to an activating group) is 1. The Hall–Kier alpha value is -1.13. The van der Waals surface area contributed by atoms with Crippen molar-refractivity contribution in [2.45, 2.75) is 64.1 Å². The maximum atomic E-state index is 10.3. The number of aliphatic hydroxyl groups excluding tert-OH is 1. The van der Waals surface area contributed by atoms with Crippen molar-refractivity contribution in [3.8, 4) is 0 Å². The van der Waals surface area contributed by atoms with Crippen molar-refractivity contribution < 1.29 is 5.11 Å². The van der Waals surface area contributed by atoms with Gasteiger partial charge in [-0.25, -0.2) is 4.98 Å². The summed E-state index contributed by atoms with van der Waals surface area (Å²) in [4.78, 5) is 6.78. The second-order valence-electron chi connectivity index (χ2n) is 6.12. The number of pyridine rings is 1. The molecule has 0 saturated heterocycles. The van der Waals surface area contributed by atoms with Crippen LogP contribution in [0.5, 0.6) is 0 Å². The molecule has 1 saturated carbocycles. The molecule has 4 heteroatoms. The van der Waals surface area contributed by atoms with E-state index in [4.69, 9.17) is 0 Å². The van der Waals surface area contributed by atoms with Gasteiger partial charge in [-0.3, -0.25) is 0 Å².